The van der Waals surface area contributed by atoms with Crippen molar-refractivity contribution in [3.8, 4) is 0 Å². The van der Waals surface area contributed by atoms with Gasteiger partial charge in [0.15, 0.2) is 0 Å². The number of aromatic nitrogens is 2. The molecule has 0 aliphatic heterocycles. The first-order chi connectivity index (χ1) is 8.13. The number of nitrogens with one attached hydrogen (secondary N) is 1. The van der Waals surface area contributed by atoms with Crippen LogP contribution >= 0.6 is 0 Å². The molecule has 1 heterocycles. The Bertz CT molecular complexity index is 494. The maximum absolute atomic E-state index is 9.97. The van der Waals surface area contributed by atoms with Crippen LogP contribution in [0.25, 0.3) is 11.0 Å². The van der Waals surface area contributed by atoms with E-state index in [1.54, 1.807) is 6.33 Å². The molecule has 0 fully saturated rings. The molecular weight excluding hydrogens is 216 g/mol. The second-order valence-electron chi connectivity index (χ2n) is 4.39. The van der Waals surface area contributed by atoms with Gasteiger partial charge in [-0.15, -0.1) is 0 Å². The van der Waals surface area contributed by atoms with Gasteiger partial charge in [-0.1, -0.05) is 6.07 Å². The van der Waals surface area contributed by atoms with E-state index < -0.39 is 6.10 Å². The number of rotatable bonds is 4. The molecule has 0 spiro atoms. The minimum absolute atomic E-state index is 0.104. The standard InChI is InChI=1S/C12H18N4O/c1-16(2)12(11(17)6-13)8-3-4-9-10(5-8)15-7-14-9/h3-5,7,11-12,17H,6,13H2,1-2H3,(H,14,15). The summed E-state index contributed by atoms with van der Waals surface area (Å²) in [7, 11) is 3.86. The average Bonchev–Trinajstić information content (AvgIpc) is 2.75. The average molecular weight is 234 g/mol. The molecule has 0 bridgehead atoms. The van der Waals surface area contributed by atoms with E-state index >= 15 is 0 Å². The van der Waals surface area contributed by atoms with Crippen molar-refractivity contribution in [3.05, 3.63) is 30.1 Å². The van der Waals surface area contributed by atoms with Gasteiger partial charge in [0.25, 0.3) is 0 Å². The lowest BCUT2D eigenvalue weighted by atomic mass is 10.00. The number of nitrogens with two attached hydrogens (primary N) is 1. The number of aromatic amines is 1. The summed E-state index contributed by atoms with van der Waals surface area (Å²) in [6, 6.07) is 5.83. The highest BCUT2D eigenvalue weighted by Gasteiger charge is 2.22. The van der Waals surface area contributed by atoms with Crippen molar-refractivity contribution >= 4 is 11.0 Å². The van der Waals surface area contributed by atoms with Crippen LogP contribution in [0.3, 0.4) is 0 Å². The summed E-state index contributed by atoms with van der Waals surface area (Å²) in [4.78, 5) is 9.21. The zero-order valence-corrected chi connectivity index (χ0v) is 10.1. The van der Waals surface area contributed by atoms with Gasteiger partial charge < -0.3 is 20.7 Å². The molecule has 0 aliphatic carbocycles. The summed E-state index contributed by atoms with van der Waals surface area (Å²) in [5.41, 5.74) is 8.47. The van der Waals surface area contributed by atoms with Gasteiger partial charge >= 0.3 is 0 Å². The van der Waals surface area contributed by atoms with Crippen LogP contribution in [0.1, 0.15) is 11.6 Å². The minimum atomic E-state index is -0.578. The van der Waals surface area contributed by atoms with Crippen molar-refractivity contribution in [2.24, 2.45) is 5.73 Å². The van der Waals surface area contributed by atoms with Gasteiger partial charge in [0.05, 0.1) is 29.5 Å². The third-order valence-electron chi connectivity index (χ3n) is 2.95. The maximum atomic E-state index is 9.97. The highest BCUT2D eigenvalue weighted by Crippen LogP contribution is 2.24. The number of imidazole rings is 1. The molecule has 0 radical (unpaired) electrons. The van der Waals surface area contributed by atoms with E-state index in [0.29, 0.717) is 0 Å². The number of fused-ring (bicyclic) bond motifs is 1. The van der Waals surface area contributed by atoms with Crippen molar-refractivity contribution < 1.29 is 5.11 Å². The van der Waals surface area contributed by atoms with Crippen LogP contribution in [0, 0.1) is 0 Å². The molecule has 2 rings (SSSR count). The van der Waals surface area contributed by atoms with Crippen molar-refractivity contribution in [2.75, 3.05) is 20.6 Å². The first kappa shape index (κ1) is 12.0. The molecule has 92 valence electrons. The Hall–Kier alpha value is -1.43. The number of aliphatic hydroxyl groups excluding tert-OH is 1. The fourth-order valence-corrected chi connectivity index (χ4v) is 2.13. The largest absolute Gasteiger partial charge is 0.390 e. The normalized spacial score (nSPS) is 15.4. The van der Waals surface area contributed by atoms with E-state index in [4.69, 9.17) is 5.73 Å². The molecule has 2 atom stereocenters. The number of aliphatic hydroxyl groups is 1. The van der Waals surface area contributed by atoms with Gasteiger partial charge in [-0.2, -0.15) is 0 Å². The van der Waals surface area contributed by atoms with Crippen molar-refractivity contribution in [2.45, 2.75) is 12.1 Å². The molecular formula is C12H18N4O. The number of hydrogen-bond donors (Lipinski definition) is 3. The zero-order chi connectivity index (χ0) is 12.4. The van der Waals surface area contributed by atoms with Crippen LogP contribution in [-0.2, 0) is 0 Å². The summed E-state index contributed by atoms with van der Waals surface area (Å²) >= 11 is 0. The SMILES string of the molecule is CN(C)C(c1ccc2nc[nH]c2c1)C(O)CN. The highest BCUT2D eigenvalue weighted by molar-refractivity contribution is 5.75. The van der Waals surface area contributed by atoms with Crippen molar-refractivity contribution in [3.63, 3.8) is 0 Å². The van der Waals surface area contributed by atoms with Gasteiger partial charge in [-0.25, -0.2) is 4.98 Å². The summed E-state index contributed by atoms with van der Waals surface area (Å²) in [5.74, 6) is 0. The highest BCUT2D eigenvalue weighted by atomic mass is 16.3. The minimum Gasteiger partial charge on any atom is -0.390 e. The monoisotopic (exact) mass is 234 g/mol. The Morgan fingerprint density at radius 2 is 2.24 bits per heavy atom. The third kappa shape index (κ3) is 2.31. The Balaban J connectivity index is 2.40. The summed E-state index contributed by atoms with van der Waals surface area (Å²) in [6.07, 6.45) is 1.09. The predicted molar refractivity (Wildman–Crippen MR) is 67.6 cm³/mol. The molecule has 2 unspecified atom stereocenters. The predicted octanol–water partition coefficient (Wildman–Crippen LogP) is 0.485. The Labute approximate surface area is 100 Å². The van der Waals surface area contributed by atoms with Gasteiger partial charge in [-0.05, 0) is 31.8 Å². The molecule has 17 heavy (non-hydrogen) atoms. The summed E-state index contributed by atoms with van der Waals surface area (Å²) in [6.45, 7) is 0.240. The summed E-state index contributed by atoms with van der Waals surface area (Å²) in [5, 5.41) is 9.97. The molecule has 0 saturated heterocycles. The lowest BCUT2D eigenvalue weighted by molar-refractivity contribution is 0.0824. The Morgan fingerprint density at radius 1 is 1.47 bits per heavy atom. The third-order valence-corrected chi connectivity index (χ3v) is 2.95. The molecule has 4 N–H and O–H groups in total. The van der Waals surface area contributed by atoms with E-state index in [2.05, 4.69) is 9.97 Å². The van der Waals surface area contributed by atoms with Crippen LogP contribution in [0.5, 0.6) is 0 Å². The fraction of sp³-hybridized carbons (Fsp3) is 0.417. The Kier molecular flexibility index (Phi) is 3.42. The topological polar surface area (TPSA) is 78.2 Å². The van der Waals surface area contributed by atoms with E-state index in [9.17, 15) is 5.11 Å². The smallest absolute Gasteiger partial charge is 0.0931 e. The second kappa shape index (κ2) is 4.83. The van der Waals surface area contributed by atoms with Crippen LogP contribution in [0.15, 0.2) is 24.5 Å². The zero-order valence-electron chi connectivity index (χ0n) is 10.1. The van der Waals surface area contributed by atoms with Gasteiger partial charge in [-0.3, -0.25) is 0 Å². The van der Waals surface area contributed by atoms with E-state index in [0.717, 1.165) is 16.6 Å². The molecule has 0 amide bonds. The van der Waals surface area contributed by atoms with Crippen LogP contribution in [0.4, 0.5) is 0 Å². The van der Waals surface area contributed by atoms with Gasteiger partial charge in [0.1, 0.15) is 0 Å². The molecule has 2 aromatic rings. The number of nitrogens with zero attached hydrogens (tertiary/aromatic N) is 2. The molecule has 5 nitrogen and oxygen atoms in total. The molecule has 5 heteroatoms. The molecule has 1 aromatic carbocycles. The lowest BCUT2D eigenvalue weighted by Gasteiger charge is -2.28. The number of benzene rings is 1. The van der Waals surface area contributed by atoms with Crippen LogP contribution in [-0.4, -0.2) is 46.7 Å². The van der Waals surface area contributed by atoms with Crippen molar-refractivity contribution in [1.29, 1.82) is 0 Å². The number of likely N-dealkylation sites (N-methyl/N-ethyl adjacent to an activating group) is 1. The van der Waals surface area contributed by atoms with Crippen LogP contribution in [0.2, 0.25) is 0 Å². The molecule has 0 aliphatic rings. The lowest BCUT2D eigenvalue weighted by Crippen LogP contribution is -2.36. The van der Waals surface area contributed by atoms with Crippen LogP contribution < -0.4 is 5.73 Å². The van der Waals surface area contributed by atoms with Crippen molar-refractivity contribution in [1.82, 2.24) is 14.9 Å². The molecule has 1 aromatic heterocycles. The first-order valence-electron chi connectivity index (χ1n) is 5.61. The second-order valence-corrected chi connectivity index (χ2v) is 4.39. The summed E-state index contributed by atoms with van der Waals surface area (Å²) < 4.78 is 0. The van der Waals surface area contributed by atoms with Gasteiger partial charge in [0, 0.05) is 6.54 Å². The first-order valence-corrected chi connectivity index (χ1v) is 5.61. The van der Waals surface area contributed by atoms with E-state index in [1.165, 1.54) is 0 Å². The Morgan fingerprint density at radius 3 is 2.88 bits per heavy atom. The quantitative estimate of drug-likeness (QED) is 0.719. The number of H-pyrrole nitrogens is 1. The molecule has 0 saturated carbocycles. The van der Waals surface area contributed by atoms with Gasteiger partial charge in [0.2, 0.25) is 0 Å². The fourth-order valence-electron chi connectivity index (χ4n) is 2.13. The van der Waals surface area contributed by atoms with E-state index in [1.807, 2.05) is 37.2 Å². The van der Waals surface area contributed by atoms with E-state index in [-0.39, 0.29) is 12.6 Å². The maximum Gasteiger partial charge on any atom is 0.0931 e. The number of hydrogen-bond acceptors (Lipinski definition) is 4.